The molecule has 0 aromatic heterocycles. The van der Waals surface area contributed by atoms with Crippen LogP contribution in [0.2, 0.25) is 0 Å². The first kappa shape index (κ1) is 31.6. The maximum atomic E-state index is 13.8. The third-order valence-electron chi connectivity index (χ3n) is 6.47. The van der Waals surface area contributed by atoms with E-state index in [9.17, 15) is 22.4 Å². The highest BCUT2D eigenvalue weighted by atomic mass is 32.2. The zero-order valence-electron chi connectivity index (χ0n) is 23.9. The summed E-state index contributed by atoms with van der Waals surface area (Å²) < 4.78 is 45.5. The number of nitrogens with one attached hydrogen (secondary N) is 1. The number of methoxy groups -OCH3 is 1. The van der Waals surface area contributed by atoms with Gasteiger partial charge >= 0.3 is 0 Å². The molecule has 3 rings (SSSR count). The van der Waals surface area contributed by atoms with Gasteiger partial charge in [-0.25, -0.2) is 12.8 Å². The van der Waals surface area contributed by atoms with Crippen molar-refractivity contribution >= 4 is 27.5 Å². The van der Waals surface area contributed by atoms with Gasteiger partial charge in [0.1, 0.15) is 17.6 Å². The summed E-state index contributed by atoms with van der Waals surface area (Å²) in [5.74, 6) is -0.619. The van der Waals surface area contributed by atoms with E-state index in [0.717, 1.165) is 11.8 Å². The minimum absolute atomic E-state index is 0.0113. The van der Waals surface area contributed by atoms with Crippen LogP contribution in [-0.2, 0) is 32.6 Å². The molecule has 0 aliphatic rings. The van der Waals surface area contributed by atoms with Crippen molar-refractivity contribution in [2.45, 2.75) is 51.7 Å². The van der Waals surface area contributed by atoms with Gasteiger partial charge in [-0.05, 0) is 55.7 Å². The fourth-order valence-corrected chi connectivity index (χ4v) is 5.51. The first-order valence-electron chi connectivity index (χ1n) is 13.5. The summed E-state index contributed by atoms with van der Waals surface area (Å²) in [6, 6.07) is 21.0. The maximum Gasteiger partial charge on any atom is 0.243 e. The second-order valence-corrected chi connectivity index (χ2v) is 12.0. The molecule has 3 aromatic carbocycles. The van der Waals surface area contributed by atoms with Crippen molar-refractivity contribution in [3.8, 4) is 5.75 Å². The van der Waals surface area contributed by atoms with E-state index in [2.05, 4.69) is 5.32 Å². The average Bonchev–Trinajstić information content (AvgIpc) is 2.93. The SMILES string of the molecule is COc1ccccc1N(CCCC(=O)N(Cc1ccc(F)cc1)[C@H](Cc1ccccc1)C(=O)NC(C)C)S(C)(=O)=O. The Hall–Kier alpha value is -3.92. The number of ether oxygens (including phenoxy) is 1. The highest BCUT2D eigenvalue weighted by Crippen LogP contribution is 2.30. The van der Waals surface area contributed by atoms with Crippen LogP contribution >= 0.6 is 0 Å². The van der Waals surface area contributed by atoms with Gasteiger partial charge in [0.25, 0.3) is 0 Å². The minimum Gasteiger partial charge on any atom is -0.495 e. The molecule has 0 radical (unpaired) electrons. The van der Waals surface area contributed by atoms with Crippen molar-refractivity contribution in [3.05, 3.63) is 95.8 Å². The molecule has 0 spiro atoms. The molecule has 1 N–H and O–H groups in total. The Morgan fingerprint density at radius 2 is 1.56 bits per heavy atom. The summed E-state index contributed by atoms with van der Waals surface area (Å²) in [4.78, 5) is 28.8. The summed E-state index contributed by atoms with van der Waals surface area (Å²) in [5.41, 5.74) is 1.93. The molecule has 0 heterocycles. The molecule has 1 atom stereocenters. The van der Waals surface area contributed by atoms with Crippen molar-refractivity contribution in [3.63, 3.8) is 0 Å². The molecule has 41 heavy (non-hydrogen) atoms. The normalized spacial score (nSPS) is 12.0. The van der Waals surface area contributed by atoms with Crippen LogP contribution in [0.1, 0.15) is 37.8 Å². The molecule has 8 nitrogen and oxygen atoms in total. The smallest absolute Gasteiger partial charge is 0.243 e. The van der Waals surface area contributed by atoms with Gasteiger partial charge in [-0.15, -0.1) is 0 Å². The number of hydrogen-bond acceptors (Lipinski definition) is 5. The van der Waals surface area contributed by atoms with Crippen molar-refractivity contribution < 1.29 is 27.1 Å². The number of hydrogen-bond donors (Lipinski definition) is 1. The maximum absolute atomic E-state index is 13.8. The fraction of sp³-hybridized carbons (Fsp3) is 0.355. The van der Waals surface area contributed by atoms with Crippen molar-refractivity contribution in [2.24, 2.45) is 0 Å². The van der Waals surface area contributed by atoms with Crippen LogP contribution in [-0.4, -0.2) is 57.1 Å². The molecule has 0 aliphatic carbocycles. The van der Waals surface area contributed by atoms with E-state index in [0.29, 0.717) is 17.0 Å². The summed E-state index contributed by atoms with van der Waals surface area (Å²) in [6.45, 7) is 3.82. The highest BCUT2D eigenvalue weighted by molar-refractivity contribution is 7.92. The lowest BCUT2D eigenvalue weighted by atomic mass is 10.0. The van der Waals surface area contributed by atoms with Crippen LogP contribution in [0.15, 0.2) is 78.9 Å². The number of rotatable bonds is 14. The number of nitrogens with zero attached hydrogens (tertiary/aromatic N) is 2. The van der Waals surface area contributed by atoms with E-state index in [1.54, 1.807) is 36.4 Å². The van der Waals surface area contributed by atoms with Crippen LogP contribution < -0.4 is 14.4 Å². The van der Waals surface area contributed by atoms with E-state index < -0.39 is 21.9 Å². The Morgan fingerprint density at radius 1 is 0.927 bits per heavy atom. The van der Waals surface area contributed by atoms with Crippen molar-refractivity contribution in [2.75, 3.05) is 24.2 Å². The number of para-hydroxylation sites is 2. The molecular weight excluding hydrogens is 545 g/mol. The molecular formula is C31H38FN3O5S. The molecule has 0 fully saturated rings. The molecule has 220 valence electrons. The summed E-state index contributed by atoms with van der Waals surface area (Å²) >= 11 is 0. The van der Waals surface area contributed by atoms with Gasteiger partial charge in [0.2, 0.25) is 21.8 Å². The third kappa shape index (κ3) is 9.31. The molecule has 0 aliphatic heterocycles. The monoisotopic (exact) mass is 583 g/mol. The number of anilines is 1. The third-order valence-corrected chi connectivity index (χ3v) is 7.65. The Morgan fingerprint density at radius 3 is 2.17 bits per heavy atom. The number of carbonyl (C=O) groups excluding carboxylic acids is 2. The molecule has 3 aromatic rings. The van der Waals surface area contributed by atoms with E-state index in [1.807, 2.05) is 44.2 Å². The lowest BCUT2D eigenvalue weighted by Crippen LogP contribution is -2.51. The van der Waals surface area contributed by atoms with Crippen LogP contribution in [0.5, 0.6) is 5.75 Å². The van der Waals surface area contributed by atoms with Crippen LogP contribution in [0.4, 0.5) is 10.1 Å². The summed E-state index contributed by atoms with van der Waals surface area (Å²) in [6.07, 6.45) is 1.58. The molecule has 2 amide bonds. The Kier molecular flexibility index (Phi) is 11.3. The number of carbonyl (C=O) groups is 2. The zero-order valence-corrected chi connectivity index (χ0v) is 24.7. The van der Waals surface area contributed by atoms with Gasteiger partial charge in [-0.1, -0.05) is 54.6 Å². The molecule has 0 bridgehead atoms. The first-order chi connectivity index (χ1) is 19.5. The van der Waals surface area contributed by atoms with Gasteiger partial charge in [-0.2, -0.15) is 0 Å². The number of sulfonamides is 1. The summed E-state index contributed by atoms with van der Waals surface area (Å²) in [5, 5.41) is 2.93. The Balaban J connectivity index is 1.89. The summed E-state index contributed by atoms with van der Waals surface area (Å²) in [7, 11) is -2.21. The number of halogens is 1. The fourth-order valence-electron chi connectivity index (χ4n) is 4.54. The van der Waals surface area contributed by atoms with Crippen LogP contribution in [0, 0.1) is 5.82 Å². The predicted molar refractivity (Wildman–Crippen MR) is 159 cm³/mol. The van der Waals surface area contributed by atoms with Gasteiger partial charge in [0.05, 0.1) is 19.1 Å². The lowest BCUT2D eigenvalue weighted by Gasteiger charge is -2.32. The Labute approximate surface area is 242 Å². The van der Waals surface area contributed by atoms with Gasteiger partial charge < -0.3 is 15.0 Å². The van der Waals surface area contributed by atoms with Crippen LogP contribution in [0.3, 0.4) is 0 Å². The highest BCUT2D eigenvalue weighted by Gasteiger charge is 2.31. The average molecular weight is 584 g/mol. The van der Waals surface area contributed by atoms with E-state index in [1.165, 1.54) is 28.4 Å². The molecule has 0 saturated carbocycles. The van der Waals surface area contributed by atoms with Crippen molar-refractivity contribution in [1.82, 2.24) is 10.2 Å². The zero-order chi connectivity index (χ0) is 30.0. The quantitative estimate of drug-likeness (QED) is 0.301. The van der Waals surface area contributed by atoms with Gasteiger partial charge in [0.15, 0.2) is 0 Å². The molecule has 0 unspecified atom stereocenters. The lowest BCUT2D eigenvalue weighted by molar-refractivity contribution is -0.141. The number of amides is 2. The number of benzene rings is 3. The predicted octanol–water partition coefficient (Wildman–Crippen LogP) is 4.55. The van der Waals surface area contributed by atoms with Crippen LogP contribution in [0.25, 0.3) is 0 Å². The Bertz CT molecular complexity index is 1400. The van der Waals surface area contributed by atoms with E-state index in [-0.39, 0.29) is 50.2 Å². The van der Waals surface area contributed by atoms with E-state index in [4.69, 9.17) is 4.74 Å². The molecule has 10 heteroatoms. The standard InChI is InChI=1S/C31H38FN3O5S/c1-23(2)33-31(37)28(21-24-11-6-5-7-12-24)34(22-25-16-18-26(32)19-17-25)30(36)15-10-20-35(41(4,38)39)27-13-8-9-14-29(27)40-3/h5-9,11-14,16-19,23,28H,10,15,20-22H2,1-4H3,(H,33,37)/t28-/m1/s1. The second-order valence-electron chi connectivity index (χ2n) is 10.1. The van der Waals surface area contributed by atoms with E-state index >= 15 is 0 Å². The largest absolute Gasteiger partial charge is 0.495 e. The molecule has 0 saturated heterocycles. The topological polar surface area (TPSA) is 96.0 Å². The van der Waals surface area contributed by atoms with Gasteiger partial charge in [0, 0.05) is 32.0 Å². The first-order valence-corrected chi connectivity index (χ1v) is 15.3. The second kappa shape index (κ2) is 14.6. The van der Waals surface area contributed by atoms with Gasteiger partial charge in [-0.3, -0.25) is 13.9 Å². The van der Waals surface area contributed by atoms with Crippen molar-refractivity contribution in [1.29, 1.82) is 0 Å². The minimum atomic E-state index is -3.68.